The van der Waals surface area contributed by atoms with Crippen LogP contribution in [0.1, 0.15) is 5.82 Å². The average molecular weight is 354 g/mol. The summed E-state index contributed by atoms with van der Waals surface area (Å²) in [5.74, 6) is -0.820. The van der Waals surface area contributed by atoms with Crippen molar-refractivity contribution >= 4 is 34.0 Å². The van der Waals surface area contributed by atoms with Crippen LogP contribution in [0.4, 0.5) is 24.7 Å². The minimum atomic E-state index is -4.67. The third-order valence-corrected chi connectivity index (χ3v) is 3.61. The molecule has 0 spiro atoms. The van der Waals surface area contributed by atoms with Crippen molar-refractivity contribution in [2.45, 2.75) is 6.18 Å². The fourth-order valence-electron chi connectivity index (χ4n) is 2.15. The molecule has 0 saturated heterocycles. The van der Waals surface area contributed by atoms with Crippen LogP contribution in [0.15, 0.2) is 42.5 Å². The first-order valence-corrected chi connectivity index (χ1v) is 7.21. The highest BCUT2D eigenvalue weighted by atomic mass is 35.5. The van der Waals surface area contributed by atoms with Gasteiger partial charge < -0.3 is 10.1 Å². The first-order valence-electron chi connectivity index (χ1n) is 6.83. The maximum atomic E-state index is 13.1. The fourth-order valence-corrected chi connectivity index (χ4v) is 2.33. The van der Waals surface area contributed by atoms with Gasteiger partial charge in [-0.3, -0.25) is 0 Å². The molecule has 0 aliphatic heterocycles. The molecular formula is C16H11ClF3N3O. The normalized spacial score (nSPS) is 11.5. The van der Waals surface area contributed by atoms with E-state index in [1.54, 1.807) is 36.4 Å². The topological polar surface area (TPSA) is 47.0 Å². The number of methoxy groups -OCH3 is 1. The van der Waals surface area contributed by atoms with Gasteiger partial charge in [0.05, 0.1) is 23.3 Å². The molecule has 0 saturated carbocycles. The Labute approximate surface area is 140 Å². The van der Waals surface area contributed by atoms with E-state index in [0.29, 0.717) is 21.8 Å². The molecule has 0 amide bonds. The third kappa shape index (κ3) is 3.21. The van der Waals surface area contributed by atoms with Gasteiger partial charge in [-0.2, -0.15) is 13.2 Å². The SMILES string of the molecule is COc1ccc2c(Nc3ccccc3Cl)nc(C(F)(F)F)nc2c1. The Morgan fingerprint density at radius 1 is 1.08 bits per heavy atom. The number of rotatable bonds is 3. The molecule has 0 radical (unpaired) electrons. The summed E-state index contributed by atoms with van der Waals surface area (Å²) in [6.07, 6.45) is -4.67. The number of aromatic nitrogens is 2. The smallest absolute Gasteiger partial charge is 0.451 e. The first-order chi connectivity index (χ1) is 11.4. The molecule has 0 aliphatic rings. The van der Waals surface area contributed by atoms with Crippen molar-refractivity contribution < 1.29 is 17.9 Å². The molecule has 0 unspecified atom stereocenters. The predicted octanol–water partition coefficient (Wildman–Crippen LogP) is 5.05. The van der Waals surface area contributed by atoms with Gasteiger partial charge in [-0.25, -0.2) is 9.97 Å². The van der Waals surface area contributed by atoms with E-state index in [-0.39, 0.29) is 11.3 Å². The lowest BCUT2D eigenvalue weighted by Gasteiger charge is -2.13. The highest BCUT2D eigenvalue weighted by Gasteiger charge is 2.35. The van der Waals surface area contributed by atoms with Crippen molar-refractivity contribution in [1.82, 2.24) is 9.97 Å². The predicted molar refractivity (Wildman–Crippen MR) is 85.8 cm³/mol. The summed E-state index contributed by atoms with van der Waals surface area (Å²) < 4.78 is 44.3. The molecule has 2 aromatic carbocycles. The van der Waals surface area contributed by atoms with Gasteiger partial charge in [0, 0.05) is 11.5 Å². The zero-order chi connectivity index (χ0) is 17.3. The molecule has 0 atom stereocenters. The van der Waals surface area contributed by atoms with Crippen LogP contribution in [-0.4, -0.2) is 17.1 Å². The summed E-state index contributed by atoms with van der Waals surface area (Å²) in [5, 5.41) is 3.63. The van der Waals surface area contributed by atoms with Gasteiger partial charge in [0.25, 0.3) is 0 Å². The number of hydrogen-bond donors (Lipinski definition) is 1. The Bertz CT molecular complexity index is 899. The molecule has 24 heavy (non-hydrogen) atoms. The van der Waals surface area contributed by atoms with Crippen molar-refractivity contribution in [3.05, 3.63) is 53.3 Å². The standard InChI is InChI=1S/C16H11ClF3N3O/c1-24-9-6-7-10-13(8-9)22-15(16(18,19)20)23-14(10)21-12-5-3-2-4-11(12)17/h2-8H,1H3,(H,21,22,23). The van der Waals surface area contributed by atoms with E-state index in [4.69, 9.17) is 16.3 Å². The van der Waals surface area contributed by atoms with Crippen LogP contribution < -0.4 is 10.1 Å². The molecule has 1 heterocycles. The van der Waals surface area contributed by atoms with E-state index in [9.17, 15) is 13.2 Å². The highest BCUT2D eigenvalue weighted by molar-refractivity contribution is 6.33. The van der Waals surface area contributed by atoms with Crippen molar-refractivity contribution in [2.75, 3.05) is 12.4 Å². The molecule has 0 bridgehead atoms. The number of halogens is 4. The average Bonchev–Trinajstić information content (AvgIpc) is 2.55. The van der Waals surface area contributed by atoms with Crippen LogP contribution in [-0.2, 0) is 6.18 Å². The largest absolute Gasteiger partial charge is 0.497 e. The Balaban J connectivity index is 2.19. The second-order valence-electron chi connectivity index (χ2n) is 4.88. The first kappa shape index (κ1) is 16.3. The van der Waals surface area contributed by atoms with Crippen LogP contribution in [0.5, 0.6) is 5.75 Å². The Kier molecular flexibility index (Phi) is 4.19. The second-order valence-corrected chi connectivity index (χ2v) is 5.29. The summed E-state index contributed by atoms with van der Waals surface area (Å²) in [6, 6.07) is 11.3. The number of ether oxygens (including phenoxy) is 1. The van der Waals surface area contributed by atoms with Crippen LogP contribution >= 0.6 is 11.6 Å². The number of benzene rings is 2. The molecule has 8 heteroatoms. The zero-order valence-corrected chi connectivity index (χ0v) is 13.1. The van der Waals surface area contributed by atoms with E-state index < -0.39 is 12.0 Å². The molecule has 0 aliphatic carbocycles. The Morgan fingerprint density at radius 2 is 1.83 bits per heavy atom. The minimum Gasteiger partial charge on any atom is -0.497 e. The quantitative estimate of drug-likeness (QED) is 0.715. The summed E-state index contributed by atoms with van der Waals surface area (Å²) in [7, 11) is 1.43. The van der Waals surface area contributed by atoms with E-state index in [1.807, 2.05) is 0 Å². The van der Waals surface area contributed by atoms with Crippen molar-refractivity contribution in [1.29, 1.82) is 0 Å². The number of nitrogens with zero attached hydrogens (tertiary/aromatic N) is 2. The van der Waals surface area contributed by atoms with Crippen molar-refractivity contribution in [2.24, 2.45) is 0 Å². The minimum absolute atomic E-state index is 0.0167. The van der Waals surface area contributed by atoms with E-state index >= 15 is 0 Å². The van der Waals surface area contributed by atoms with Crippen molar-refractivity contribution in [3.63, 3.8) is 0 Å². The van der Waals surface area contributed by atoms with Crippen LogP contribution in [0.25, 0.3) is 10.9 Å². The van der Waals surface area contributed by atoms with E-state index in [0.717, 1.165) is 0 Å². The van der Waals surface area contributed by atoms with Gasteiger partial charge in [0.15, 0.2) is 0 Å². The molecule has 1 N–H and O–H groups in total. The maximum Gasteiger partial charge on any atom is 0.451 e. The summed E-state index contributed by atoms with van der Waals surface area (Å²) in [6.45, 7) is 0. The summed E-state index contributed by atoms with van der Waals surface area (Å²) in [4.78, 5) is 7.21. The molecule has 124 valence electrons. The molecule has 1 aromatic heterocycles. The van der Waals surface area contributed by atoms with Crippen LogP contribution in [0.2, 0.25) is 5.02 Å². The number of alkyl halides is 3. The lowest BCUT2D eigenvalue weighted by Crippen LogP contribution is -2.12. The number of nitrogens with one attached hydrogen (secondary N) is 1. The van der Waals surface area contributed by atoms with Gasteiger partial charge >= 0.3 is 6.18 Å². The molecule has 0 fully saturated rings. The lowest BCUT2D eigenvalue weighted by molar-refractivity contribution is -0.144. The monoisotopic (exact) mass is 353 g/mol. The third-order valence-electron chi connectivity index (χ3n) is 3.28. The van der Waals surface area contributed by atoms with Gasteiger partial charge in [0.1, 0.15) is 11.6 Å². The number of fused-ring (bicyclic) bond motifs is 1. The summed E-state index contributed by atoms with van der Waals surface area (Å²) in [5.41, 5.74) is 0.564. The molecule has 4 nitrogen and oxygen atoms in total. The second kappa shape index (κ2) is 6.16. The number of hydrogen-bond acceptors (Lipinski definition) is 4. The zero-order valence-electron chi connectivity index (χ0n) is 12.4. The van der Waals surface area contributed by atoms with Gasteiger partial charge in [-0.15, -0.1) is 0 Å². The molecular weight excluding hydrogens is 343 g/mol. The Hall–Kier alpha value is -2.54. The molecule has 3 aromatic rings. The molecule has 3 rings (SSSR count). The van der Waals surface area contributed by atoms with E-state index in [2.05, 4.69) is 15.3 Å². The van der Waals surface area contributed by atoms with Crippen LogP contribution in [0.3, 0.4) is 0 Å². The lowest BCUT2D eigenvalue weighted by atomic mass is 10.2. The number of para-hydroxylation sites is 1. The fraction of sp³-hybridized carbons (Fsp3) is 0.125. The highest BCUT2D eigenvalue weighted by Crippen LogP contribution is 2.34. The van der Waals surface area contributed by atoms with Gasteiger partial charge in [-0.1, -0.05) is 23.7 Å². The van der Waals surface area contributed by atoms with Crippen molar-refractivity contribution in [3.8, 4) is 5.75 Å². The van der Waals surface area contributed by atoms with Crippen LogP contribution in [0, 0.1) is 0 Å². The maximum absolute atomic E-state index is 13.1. The van der Waals surface area contributed by atoms with E-state index in [1.165, 1.54) is 13.2 Å². The summed E-state index contributed by atoms with van der Waals surface area (Å²) >= 11 is 6.05. The number of anilines is 2. The van der Waals surface area contributed by atoms with Gasteiger partial charge in [0.2, 0.25) is 5.82 Å². The Morgan fingerprint density at radius 3 is 2.50 bits per heavy atom. The van der Waals surface area contributed by atoms with Gasteiger partial charge in [-0.05, 0) is 24.3 Å².